The van der Waals surface area contributed by atoms with Gasteiger partial charge in [-0.3, -0.25) is 9.59 Å². The van der Waals surface area contributed by atoms with E-state index in [-0.39, 0.29) is 12.6 Å². The fourth-order valence-electron chi connectivity index (χ4n) is 2.67. The van der Waals surface area contributed by atoms with Gasteiger partial charge in [-0.15, -0.1) is 0 Å². The van der Waals surface area contributed by atoms with Crippen molar-refractivity contribution in [1.29, 1.82) is 0 Å². The molecule has 1 aliphatic rings. The van der Waals surface area contributed by atoms with Crippen LogP contribution in [0.3, 0.4) is 0 Å². The van der Waals surface area contributed by atoms with E-state index in [0.29, 0.717) is 50.9 Å². The first-order valence-electron chi connectivity index (χ1n) is 8.20. The maximum absolute atomic E-state index is 12.8. The number of amides is 1. The summed E-state index contributed by atoms with van der Waals surface area (Å²) in [5, 5.41) is 2.76. The van der Waals surface area contributed by atoms with E-state index in [1.807, 2.05) is 6.92 Å². The first kappa shape index (κ1) is 19.0. The molecule has 0 atom stereocenters. The lowest BCUT2D eigenvalue weighted by molar-refractivity contribution is 0.101. The lowest BCUT2D eigenvalue weighted by Crippen LogP contribution is -2.15. The number of nitrogens with one attached hydrogen (secondary N) is 1. The van der Waals surface area contributed by atoms with E-state index < -0.39 is 5.91 Å². The predicted molar refractivity (Wildman–Crippen MR) is 102 cm³/mol. The summed E-state index contributed by atoms with van der Waals surface area (Å²) in [6.45, 7) is 3.81. The van der Waals surface area contributed by atoms with Gasteiger partial charge >= 0.3 is 0 Å². The monoisotopic (exact) mass is 435 g/mol. The second-order valence-corrected chi connectivity index (χ2v) is 6.54. The van der Waals surface area contributed by atoms with Gasteiger partial charge in [-0.1, -0.05) is 0 Å². The molecule has 0 saturated heterocycles. The Morgan fingerprint density at radius 1 is 1.19 bits per heavy atom. The number of rotatable bonds is 6. The SMILES string of the molecule is CCOc1c(Br)cc(C(=O)Nc2cc3c(cc2C(C)=O)OCO3)cc1OC. The number of benzene rings is 2. The average molecular weight is 436 g/mol. The van der Waals surface area contributed by atoms with E-state index in [4.69, 9.17) is 18.9 Å². The van der Waals surface area contributed by atoms with E-state index in [2.05, 4.69) is 21.2 Å². The van der Waals surface area contributed by atoms with Crippen molar-refractivity contribution in [2.45, 2.75) is 13.8 Å². The number of hydrogen-bond donors (Lipinski definition) is 1. The summed E-state index contributed by atoms with van der Waals surface area (Å²) < 4.78 is 22.1. The topological polar surface area (TPSA) is 83.1 Å². The van der Waals surface area contributed by atoms with E-state index in [9.17, 15) is 9.59 Å². The number of halogens is 1. The number of ether oxygens (including phenoxy) is 4. The molecule has 0 unspecified atom stereocenters. The fourth-order valence-corrected chi connectivity index (χ4v) is 3.22. The largest absolute Gasteiger partial charge is 0.493 e. The third-order valence-electron chi connectivity index (χ3n) is 3.92. The van der Waals surface area contributed by atoms with Gasteiger partial charge in [0.2, 0.25) is 6.79 Å². The smallest absolute Gasteiger partial charge is 0.255 e. The molecular formula is C19H18BrNO6. The van der Waals surface area contributed by atoms with Crippen molar-refractivity contribution in [3.05, 3.63) is 39.9 Å². The zero-order chi connectivity index (χ0) is 19.6. The molecule has 1 amide bonds. The highest BCUT2D eigenvalue weighted by Gasteiger charge is 2.22. The zero-order valence-electron chi connectivity index (χ0n) is 15.1. The summed E-state index contributed by atoms with van der Waals surface area (Å²) in [6.07, 6.45) is 0. The highest BCUT2D eigenvalue weighted by Crippen LogP contribution is 2.39. The molecule has 0 aliphatic carbocycles. The van der Waals surface area contributed by atoms with Crippen LogP contribution in [0.15, 0.2) is 28.7 Å². The number of fused-ring (bicyclic) bond motifs is 1. The number of methoxy groups -OCH3 is 1. The van der Waals surface area contributed by atoms with Gasteiger partial charge in [0.1, 0.15) is 0 Å². The minimum atomic E-state index is -0.404. The van der Waals surface area contributed by atoms with Gasteiger partial charge in [-0.05, 0) is 48.0 Å². The first-order valence-corrected chi connectivity index (χ1v) is 9.00. The third kappa shape index (κ3) is 3.85. The molecule has 0 fully saturated rings. The molecule has 1 N–H and O–H groups in total. The van der Waals surface area contributed by atoms with Crippen LogP contribution in [0.1, 0.15) is 34.6 Å². The molecule has 0 bridgehead atoms. The predicted octanol–water partition coefficient (Wildman–Crippen LogP) is 4.04. The molecule has 1 aliphatic heterocycles. The summed E-state index contributed by atoms with van der Waals surface area (Å²) in [4.78, 5) is 24.7. The van der Waals surface area contributed by atoms with Crippen molar-refractivity contribution in [3.8, 4) is 23.0 Å². The number of anilines is 1. The van der Waals surface area contributed by atoms with Gasteiger partial charge in [0, 0.05) is 17.2 Å². The molecule has 0 aromatic heterocycles. The Hall–Kier alpha value is -2.74. The van der Waals surface area contributed by atoms with Crippen LogP contribution in [0.4, 0.5) is 5.69 Å². The average Bonchev–Trinajstić information content (AvgIpc) is 3.09. The molecule has 27 heavy (non-hydrogen) atoms. The summed E-state index contributed by atoms with van der Waals surface area (Å²) in [6, 6.07) is 6.35. The minimum absolute atomic E-state index is 0.0765. The lowest BCUT2D eigenvalue weighted by Gasteiger charge is -2.14. The van der Waals surface area contributed by atoms with Gasteiger partial charge in [0.05, 0.1) is 23.9 Å². The van der Waals surface area contributed by atoms with E-state index in [1.54, 1.807) is 24.3 Å². The first-order chi connectivity index (χ1) is 12.9. The van der Waals surface area contributed by atoms with Gasteiger partial charge in [0.15, 0.2) is 28.8 Å². The number of ketones is 1. The van der Waals surface area contributed by atoms with Crippen LogP contribution in [0.5, 0.6) is 23.0 Å². The Morgan fingerprint density at radius 2 is 1.89 bits per heavy atom. The molecule has 142 valence electrons. The molecule has 8 heteroatoms. The van der Waals surface area contributed by atoms with Crippen molar-refractivity contribution in [1.82, 2.24) is 0 Å². The maximum Gasteiger partial charge on any atom is 0.255 e. The summed E-state index contributed by atoms with van der Waals surface area (Å²) in [7, 11) is 1.50. The second kappa shape index (κ2) is 7.87. The Balaban J connectivity index is 1.94. The third-order valence-corrected chi connectivity index (χ3v) is 4.51. The molecule has 0 saturated carbocycles. The molecule has 0 radical (unpaired) electrons. The van der Waals surface area contributed by atoms with Crippen molar-refractivity contribution in [2.24, 2.45) is 0 Å². The second-order valence-electron chi connectivity index (χ2n) is 5.68. The quantitative estimate of drug-likeness (QED) is 0.689. The van der Waals surface area contributed by atoms with Crippen LogP contribution >= 0.6 is 15.9 Å². The molecule has 2 aromatic rings. The van der Waals surface area contributed by atoms with Crippen LogP contribution in [0, 0.1) is 0 Å². The van der Waals surface area contributed by atoms with Crippen molar-refractivity contribution in [2.75, 3.05) is 25.8 Å². The van der Waals surface area contributed by atoms with Crippen molar-refractivity contribution < 1.29 is 28.5 Å². The van der Waals surface area contributed by atoms with E-state index in [0.717, 1.165) is 0 Å². The highest BCUT2D eigenvalue weighted by atomic mass is 79.9. The van der Waals surface area contributed by atoms with Gasteiger partial charge < -0.3 is 24.3 Å². The molecule has 3 rings (SSSR count). The van der Waals surface area contributed by atoms with E-state index in [1.165, 1.54) is 14.0 Å². The van der Waals surface area contributed by atoms with Crippen molar-refractivity contribution in [3.63, 3.8) is 0 Å². The number of carbonyl (C=O) groups is 2. The summed E-state index contributed by atoms with van der Waals surface area (Å²) in [5.41, 5.74) is 1.03. The van der Waals surface area contributed by atoms with Crippen LogP contribution in [-0.4, -0.2) is 32.2 Å². The number of hydrogen-bond acceptors (Lipinski definition) is 6. The minimum Gasteiger partial charge on any atom is -0.493 e. The molecule has 0 spiro atoms. The summed E-state index contributed by atoms with van der Waals surface area (Å²) >= 11 is 3.40. The van der Waals surface area contributed by atoms with Gasteiger partial charge in [0.25, 0.3) is 5.91 Å². The Kier molecular flexibility index (Phi) is 5.55. The molecule has 2 aromatic carbocycles. The number of carbonyl (C=O) groups excluding carboxylic acids is 2. The Morgan fingerprint density at radius 3 is 2.52 bits per heavy atom. The zero-order valence-corrected chi connectivity index (χ0v) is 16.6. The molecule has 7 nitrogen and oxygen atoms in total. The van der Waals surface area contributed by atoms with Crippen molar-refractivity contribution >= 4 is 33.3 Å². The van der Waals surface area contributed by atoms with E-state index >= 15 is 0 Å². The fraction of sp³-hybridized carbons (Fsp3) is 0.263. The highest BCUT2D eigenvalue weighted by molar-refractivity contribution is 9.10. The van der Waals surface area contributed by atoms with Crippen LogP contribution in [0.2, 0.25) is 0 Å². The number of Topliss-reactive ketones (excluding diaryl/α,β-unsaturated/α-hetero) is 1. The lowest BCUT2D eigenvalue weighted by atomic mass is 10.1. The maximum atomic E-state index is 12.8. The van der Waals surface area contributed by atoms with Crippen LogP contribution in [0.25, 0.3) is 0 Å². The standard InChI is InChI=1S/C19H18BrNO6/c1-4-25-18-13(20)5-11(6-17(18)24-3)19(23)21-14-8-16-15(26-9-27-16)7-12(14)10(2)22/h5-8H,4,9H2,1-3H3,(H,21,23). The van der Waals surface area contributed by atoms with Crippen LogP contribution in [-0.2, 0) is 0 Å². The van der Waals surface area contributed by atoms with Gasteiger partial charge in [-0.25, -0.2) is 0 Å². The Bertz CT molecular complexity index is 912. The molecular weight excluding hydrogens is 418 g/mol. The van der Waals surface area contributed by atoms with Gasteiger partial charge in [-0.2, -0.15) is 0 Å². The van der Waals surface area contributed by atoms with Crippen LogP contribution < -0.4 is 24.3 Å². The normalized spacial score (nSPS) is 11.9. The Labute approximate surface area is 164 Å². The summed E-state index contributed by atoms with van der Waals surface area (Å²) in [5.74, 6) is 1.29. The molecule has 1 heterocycles.